The summed E-state index contributed by atoms with van der Waals surface area (Å²) in [5, 5.41) is 8.89. The summed E-state index contributed by atoms with van der Waals surface area (Å²) in [7, 11) is -1.53. The fourth-order valence-electron chi connectivity index (χ4n) is 1.33. The number of unbranched alkanes of at least 4 members (excludes halogenated alkanes) is 3. The number of hydrogen-bond acceptors (Lipinski definition) is 2. The predicted molar refractivity (Wildman–Crippen MR) is 62.6 cm³/mol. The molecule has 0 fully saturated rings. The molecule has 0 amide bonds. The lowest BCUT2D eigenvalue weighted by Crippen LogP contribution is -2.31. The molecule has 0 heterocycles. The number of hydrogen-bond donors (Lipinski definition) is 0. The van der Waals surface area contributed by atoms with E-state index in [0.717, 1.165) is 12.8 Å². The van der Waals surface area contributed by atoms with Gasteiger partial charge >= 0.3 is 0 Å². The van der Waals surface area contributed by atoms with Crippen LogP contribution >= 0.6 is 0 Å². The Morgan fingerprint density at radius 1 is 1.21 bits per heavy atom. The minimum absolute atomic E-state index is 0.168. The van der Waals surface area contributed by atoms with Gasteiger partial charge in [0.05, 0.1) is 6.07 Å². The van der Waals surface area contributed by atoms with Gasteiger partial charge in [0.25, 0.3) is 0 Å². The van der Waals surface area contributed by atoms with E-state index in [1.165, 1.54) is 19.3 Å². The third-order valence-corrected chi connectivity index (χ3v) is 2.95. The summed E-state index contributed by atoms with van der Waals surface area (Å²) >= 11 is 0. The smallest absolute Gasteiger partial charge is 0.185 e. The third-order valence-electron chi connectivity index (χ3n) is 1.96. The van der Waals surface area contributed by atoms with Crippen LogP contribution in [0, 0.1) is 11.3 Å². The van der Waals surface area contributed by atoms with Crippen molar-refractivity contribution in [3.63, 3.8) is 0 Å². The first-order valence-corrected chi connectivity index (χ1v) is 8.98. The second-order valence-electron chi connectivity index (χ2n) is 4.70. The molecule has 82 valence electrons. The van der Waals surface area contributed by atoms with Crippen molar-refractivity contribution in [2.75, 3.05) is 0 Å². The second kappa shape index (κ2) is 7.02. The summed E-state index contributed by atoms with van der Waals surface area (Å²) in [5.41, 5.74) is 0. The van der Waals surface area contributed by atoms with Crippen molar-refractivity contribution in [2.24, 2.45) is 0 Å². The van der Waals surface area contributed by atoms with Crippen LogP contribution in [-0.4, -0.2) is 14.4 Å². The van der Waals surface area contributed by atoms with Gasteiger partial charge in [0.1, 0.15) is 6.10 Å². The Labute approximate surface area is 89.4 Å². The zero-order chi connectivity index (χ0) is 11.0. The molecule has 0 bridgehead atoms. The lowest BCUT2D eigenvalue weighted by atomic mass is 10.1. The van der Waals surface area contributed by atoms with Crippen molar-refractivity contribution in [3.05, 3.63) is 0 Å². The highest BCUT2D eigenvalue weighted by atomic mass is 28.4. The topological polar surface area (TPSA) is 33.0 Å². The van der Waals surface area contributed by atoms with Crippen LogP contribution in [0.3, 0.4) is 0 Å². The Balaban J connectivity index is 3.66. The van der Waals surface area contributed by atoms with Crippen LogP contribution in [0.15, 0.2) is 0 Å². The lowest BCUT2D eigenvalue weighted by molar-refractivity contribution is 0.233. The van der Waals surface area contributed by atoms with Gasteiger partial charge in [0.2, 0.25) is 0 Å². The first-order chi connectivity index (χ1) is 6.49. The van der Waals surface area contributed by atoms with Gasteiger partial charge in [-0.3, -0.25) is 0 Å². The van der Waals surface area contributed by atoms with Crippen molar-refractivity contribution in [1.29, 1.82) is 5.26 Å². The van der Waals surface area contributed by atoms with E-state index in [1.807, 2.05) is 0 Å². The van der Waals surface area contributed by atoms with E-state index < -0.39 is 8.32 Å². The zero-order valence-corrected chi connectivity index (χ0v) is 11.0. The molecule has 0 rings (SSSR count). The number of rotatable bonds is 7. The maximum atomic E-state index is 8.89. The zero-order valence-electron chi connectivity index (χ0n) is 9.97. The molecular formula is C11H23NOSi. The van der Waals surface area contributed by atoms with Gasteiger partial charge in [0, 0.05) is 0 Å². The van der Waals surface area contributed by atoms with E-state index >= 15 is 0 Å². The number of nitrogens with zero attached hydrogens (tertiary/aromatic N) is 1. The monoisotopic (exact) mass is 213 g/mol. The maximum Gasteiger partial charge on any atom is 0.185 e. The highest BCUT2D eigenvalue weighted by Crippen LogP contribution is 2.13. The van der Waals surface area contributed by atoms with Crippen molar-refractivity contribution < 1.29 is 4.43 Å². The Hall–Kier alpha value is -0.333. The molecule has 0 saturated carbocycles. The van der Waals surface area contributed by atoms with Crippen LogP contribution < -0.4 is 0 Å². The fourth-order valence-corrected chi connectivity index (χ4v) is 2.36. The molecule has 0 aliphatic heterocycles. The molecule has 0 aliphatic carbocycles. The Morgan fingerprint density at radius 3 is 2.29 bits per heavy atom. The van der Waals surface area contributed by atoms with Crippen LogP contribution in [0.2, 0.25) is 19.6 Å². The SMILES string of the molecule is CCCCCC[C@H](C#N)O[Si](C)(C)C. The molecule has 14 heavy (non-hydrogen) atoms. The number of nitriles is 1. The van der Waals surface area contributed by atoms with Gasteiger partial charge in [-0.15, -0.1) is 0 Å². The molecule has 0 aromatic carbocycles. The molecule has 0 aliphatic rings. The summed E-state index contributed by atoms with van der Waals surface area (Å²) in [6.45, 7) is 8.58. The Morgan fingerprint density at radius 2 is 1.86 bits per heavy atom. The summed E-state index contributed by atoms with van der Waals surface area (Å²) < 4.78 is 5.74. The van der Waals surface area contributed by atoms with E-state index in [0.29, 0.717) is 0 Å². The fraction of sp³-hybridized carbons (Fsp3) is 0.909. The molecular weight excluding hydrogens is 190 g/mol. The van der Waals surface area contributed by atoms with Crippen molar-refractivity contribution in [2.45, 2.75) is 64.8 Å². The maximum absolute atomic E-state index is 8.89. The van der Waals surface area contributed by atoms with Crippen molar-refractivity contribution in [3.8, 4) is 6.07 Å². The highest BCUT2D eigenvalue weighted by Gasteiger charge is 2.20. The minimum Gasteiger partial charge on any atom is -0.402 e. The van der Waals surface area contributed by atoms with E-state index in [4.69, 9.17) is 9.69 Å². The van der Waals surface area contributed by atoms with Gasteiger partial charge in [0.15, 0.2) is 8.32 Å². The van der Waals surface area contributed by atoms with Crippen LogP contribution in [0.1, 0.15) is 39.0 Å². The summed E-state index contributed by atoms with van der Waals surface area (Å²) in [5.74, 6) is 0. The summed E-state index contributed by atoms with van der Waals surface area (Å²) in [4.78, 5) is 0. The third kappa shape index (κ3) is 8.27. The average Bonchev–Trinajstić information content (AvgIpc) is 2.08. The highest BCUT2D eigenvalue weighted by molar-refractivity contribution is 6.69. The van der Waals surface area contributed by atoms with Crippen LogP contribution in [-0.2, 0) is 4.43 Å². The van der Waals surface area contributed by atoms with E-state index in [2.05, 4.69) is 32.6 Å². The summed E-state index contributed by atoms with van der Waals surface area (Å²) in [6.07, 6.45) is 5.59. The standard InChI is InChI=1S/C11H23NOSi/c1-5-6-7-8-9-11(10-12)13-14(2,3)4/h11H,5-9H2,1-4H3/t11-/m1/s1. The minimum atomic E-state index is -1.53. The van der Waals surface area contributed by atoms with Crippen LogP contribution in [0.25, 0.3) is 0 Å². The van der Waals surface area contributed by atoms with Gasteiger partial charge < -0.3 is 4.43 Å². The molecule has 0 unspecified atom stereocenters. The summed E-state index contributed by atoms with van der Waals surface area (Å²) in [6, 6.07) is 2.25. The van der Waals surface area contributed by atoms with Crippen LogP contribution in [0.5, 0.6) is 0 Å². The van der Waals surface area contributed by atoms with Gasteiger partial charge in [-0.25, -0.2) is 0 Å². The average molecular weight is 213 g/mol. The molecule has 0 radical (unpaired) electrons. The Kier molecular flexibility index (Phi) is 6.86. The van der Waals surface area contributed by atoms with E-state index in [1.54, 1.807) is 0 Å². The molecule has 3 heteroatoms. The quantitative estimate of drug-likeness (QED) is 0.477. The van der Waals surface area contributed by atoms with Gasteiger partial charge in [-0.05, 0) is 32.5 Å². The second-order valence-corrected chi connectivity index (χ2v) is 9.16. The first kappa shape index (κ1) is 13.7. The van der Waals surface area contributed by atoms with Gasteiger partial charge in [-0.2, -0.15) is 5.26 Å². The molecule has 1 atom stereocenters. The van der Waals surface area contributed by atoms with E-state index in [-0.39, 0.29) is 6.10 Å². The molecule has 0 N–H and O–H groups in total. The lowest BCUT2D eigenvalue weighted by Gasteiger charge is -2.21. The van der Waals surface area contributed by atoms with Crippen molar-refractivity contribution >= 4 is 8.32 Å². The first-order valence-electron chi connectivity index (χ1n) is 5.57. The van der Waals surface area contributed by atoms with E-state index in [9.17, 15) is 0 Å². The molecule has 0 aromatic heterocycles. The van der Waals surface area contributed by atoms with Crippen LogP contribution in [0.4, 0.5) is 0 Å². The van der Waals surface area contributed by atoms with Gasteiger partial charge in [-0.1, -0.05) is 26.2 Å². The largest absolute Gasteiger partial charge is 0.402 e. The van der Waals surface area contributed by atoms with Crippen molar-refractivity contribution in [1.82, 2.24) is 0 Å². The Bertz CT molecular complexity index is 181. The predicted octanol–water partition coefficient (Wildman–Crippen LogP) is 3.70. The molecule has 0 spiro atoms. The molecule has 0 saturated heterocycles. The molecule has 2 nitrogen and oxygen atoms in total. The molecule has 0 aromatic rings. The normalized spacial score (nSPS) is 13.6.